The van der Waals surface area contributed by atoms with Crippen LogP contribution in [0.3, 0.4) is 0 Å². The van der Waals surface area contributed by atoms with E-state index in [1.807, 2.05) is 0 Å². The smallest absolute Gasteiger partial charge is 0.131 e. The fraction of sp³-hybridized carbons (Fsp3) is 0.200. The van der Waals surface area contributed by atoms with Gasteiger partial charge < -0.3 is 4.74 Å². The summed E-state index contributed by atoms with van der Waals surface area (Å²) >= 11 is 0. The van der Waals surface area contributed by atoms with Crippen LogP contribution in [0.15, 0.2) is 18.2 Å². The Hall–Kier alpha value is -1.49. The summed E-state index contributed by atoms with van der Waals surface area (Å²) in [4.78, 5) is 0. The van der Waals surface area contributed by atoms with E-state index in [9.17, 15) is 4.39 Å². The lowest BCUT2D eigenvalue weighted by Crippen LogP contribution is -1.90. The van der Waals surface area contributed by atoms with Crippen LogP contribution >= 0.6 is 0 Å². The van der Waals surface area contributed by atoms with Crippen LogP contribution < -0.4 is 4.74 Å². The van der Waals surface area contributed by atoms with Crippen molar-refractivity contribution >= 4 is 0 Å². The van der Waals surface area contributed by atoms with Crippen LogP contribution in [0.1, 0.15) is 5.56 Å². The zero-order valence-electron chi connectivity index (χ0n) is 6.80. The molecule has 1 nitrogen and oxygen atoms in total. The molecule has 0 aromatic heterocycles. The van der Waals surface area contributed by atoms with Crippen molar-refractivity contribution in [3.8, 4) is 18.1 Å². The molecule has 0 amide bonds. The molecular weight excluding hydrogens is 155 g/mol. The van der Waals surface area contributed by atoms with E-state index < -0.39 is 0 Å². The maximum atomic E-state index is 13.0. The highest BCUT2D eigenvalue weighted by molar-refractivity contribution is 5.30. The standard InChI is InChI=1S/C10H9FO/c1-3-4-8-5-6-9(12-2)7-10(8)11/h1,5-7H,4H2,2H3. The molecule has 0 aliphatic heterocycles. The highest BCUT2D eigenvalue weighted by Crippen LogP contribution is 2.16. The van der Waals surface area contributed by atoms with Gasteiger partial charge >= 0.3 is 0 Å². The molecule has 2 heteroatoms. The largest absolute Gasteiger partial charge is 0.497 e. The van der Waals surface area contributed by atoms with Crippen molar-refractivity contribution in [2.45, 2.75) is 6.42 Å². The van der Waals surface area contributed by atoms with E-state index in [1.165, 1.54) is 13.2 Å². The average Bonchev–Trinajstić information content (AvgIpc) is 2.09. The van der Waals surface area contributed by atoms with Crippen LogP contribution in [0.4, 0.5) is 4.39 Å². The van der Waals surface area contributed by atoms with Crippen molar-refractivity contribution in [1.82, 2.24) is 0 Å². The predicted octanol–water partition coefficient (Wildman–Crippen LogP) is 2.01. The summed E-state index contributed by atoms with van der Waals surface area (Å²) in [5.41, 5.74) is 0.526. The molecule has 0 bridgehead atoms. The minimum absolute atomic E-state index is 0.313. The van der Waals surface area contributed by atoms with Crippen LogP contribution in [0.5, 0.6) is 5.75 Å². The molecule has 0 spiro atoms. The number of benzene rings is 1. The topological polar surface area (TPSA) is 9.23 Å². The van der Waals surface area contributed by atoms with Gasteiger partial charge in [0.25, 0.3) is 0 Å². The molecular formula is C10H9FO. The van der Waals surface area contributed by atoms with Crippen molar-refractivity contribution in [2.75, 3.05) is 7.11 Å². The van der Waals surface area contributed by atoms with Gasteiger partial charge in [-0.25, -0.2) is 4.39 Å². The molecule has 0 fully saturated rings. The van der Waals surface area contributed by atoms with E-state index in [0.29, 0.717) is 17.7 Å². The zero-order valence-corrected chi connectivity index (χ0v) is 6.80. The van der Waals surface area contributed by atoms with E-state index in [1.54, 1.807) is 12.1 Å². The van der Waals surface area contributed by atoms with Gasteiger partial charge in [-0.3, -0.25) is 0 Å². The Kier molecular flexibility index (Phi) is 2.71. The Balaban J connectivity index is 2.97. The molecule has 0 unspecified atom stereocenters. The number of rotatable bonds is 2. The van der Waals surface area contributed by atoms with Crippen LogP contribution in [-0.4, -0.2) is 7.11 Å². The molecule has 1 aromatic rings. The lowest BCUT2D eigenvalue weighted by atomic mass is 10.1. The summed E-state index contributed by atoms with van der Waals surface area (Å²) in [6.07, 6.45) is 5.37. The zero-order chi connectivity index (χ0) is 8.97. The first-order chi connectivity index (χ1) is 5.77. The summed E-state index contributed by atoms with van der Waals surface area (Å²) in [5, 5.41) is 0. The second-order valence-corrected chi connectivity index (χ2v) is 2.34. The van der Waals surface area contributed by atoms with Crippen molar-refractivity contribution < 1.29 is 9.13 Å². The van der Waals surface area contributed by atoms with Gasteiger partial charge in [0.15, 0.2) is 0 Å². The molecule has 0 aliphatic rings. The van der Waals surface area contributed by atoms with Crippen LogP contribution in [0.25, 0.3) is 0 Å². The van der Waals surface area contributed by atoms with Crippen molar-refractivity contribution in [1.29, 1.82) is 0 Å². The van der Waals surface area contributed by atoms with Crippen molar-refractivity contribution in [3.63, 3.8) is 0 Å². The molecule has 0 saturated carbocycles. The minimum atomic E-state index is -0.313. The van der Waals surface area contributed by atoms with Crippen LogP contribution in [0.2, 0.25) is 0 Å². The molecule has 12 heavy (non-hydrogen) atoms. The molecule has 0 radical (unpaired) electrons. The highest BCUT2D eigenvalue weighted by Gasteiger charge is 2.01. The molecule has 0 atom stereocenters. The lowest BCUT2D eigenvalue weighted by molar-refractivity contribution is 0.411. The van der Waals surface area contributed by atoms with E-state index >= 15 is 0 Å². The van der Waals surface area contributed by atoms with Crippen LogP contribution in [0, 0.1) is 18.2 Å². The number of hydrogen-bond donors (Lipinski definition) is 0. The fourth-order valence-corrected chi connectivity index (χ4v) is 0.908. The van der Waals surface area contributed by atoms with Gasteiger partial charge in [-0.1, -0.05) is 6.07 Å². The van der Waals surface area contributed by atoms with E-state index in [2.05, 4.69) is 5.92 Å². The van der Waals surface area contributed by atoms with Crippen molar-refractivity contribution in [3.05, 3.63) is 29.6 Å². The van der Waals surface area contributed by atoms with Gasteiger partial charge in [-0.05, 0) is 11.6 Å². The van der Waals surface area contributed by atoms with E-state index in [-0.39, 0.29) is 5.82 Å². The van der Waals surface area contributed by atoms with E-state index in [4.69, 9.17) is 11.2 Å². The summed E-state index contributed by atoms with van der Waals surface area (Å²) in [6.45, 7) is 0. The fourth-order valence-electron chi connectivity index (χ4n) is 0.908. The number of ether oxygens (including phenoxy) is 1. The Morgan fingerprint density at radius 2 is 2.33 bits per heavy atom. The minimum Gasteiger partial charge on any atom is -0.497 e. The van der Waals surface area contributed by atoms with Gasteiger partial charge in [0.1, 0.15) is 11.6 Å². The summed E-state index contributed by atoms with van der Waals surface area (Å²) in [6, 6.07) is 4.65. The third-order valence-electron chi connectivity index (χ3n) is 1.55. The number of hydrogen-bond acceptors (Lipinski definition) is 1. The summed E-state index contributed by atoms with van der Waals surface area (Å²) in [5.74, 6) is 2.58. The average molecular weight is 164 g/mol. The predicted molar refractivity (Wildman–Crippen MR) is 45.5 cm³/mol. The SMILES string of the molecule is C#CCc1ccc(OC)cc1F. The number of halogens is 1. The second kappa shape index (κ2) is 3.77. The van der Waals surface area contributed by atoms with Gasteiger partial charge in [-0.2, -0.15) is 0 Å². The quantitative estimate of drug-likeness (QED) is 0.607. The van der Waals surface area contributed by atoms with Crippen LogP contribution in [-0.2, 0) is 6.42 Å². The molecule has 1 aromatic carbocycles. The first-order valence-corrected chi connectivity index (χ1v) is 3.54. The number of methoxy groups -OCH3 is 1. The van der Waals surface area contributed by atoms with Crippen molar-refractivity contribution in [2.24, 2.45) is 0 Å². The first kappa shape index (κ1) is 8.61. The Morgan fingerprint density at radius 3 is 2.83 bits per heavy atom. The third kappa shape index (κ3) is 1.76. The lowest BCUT2D eigenvalue weighted by Gasteiger charge is -2.01. The Morgan fingerprint density at radius 1 is 1.58 bits per heavy atom. The maximum Gasteiger partial charge on any atom is 0.131 e. The number of terminal acetylenes is 1. The summed E-state index contributed by atoms with van der Waals surface area (Å²) < 4.78 is 17.9. The highest BCUT2D eigenvalue weighted by atomic mass is 19.1. The molecule has 0 aliphatic carbocycles. The monoisotopic (exact) mass is 164 g/mol. The maximum absolute atomic E-state index is 13.0. The van der Waals surface area contributed by atoms with Gasteiger partial charge in [-0.15, -0.1) is 12.3 Å². The Labute approximate surface area is 71.2 Å². The molecule has 1 rings (SSSR count). The van der Waals surface area contributed by atoms with Gasteiger partial charge in [0, 0.05) is 12.5 Å². The molecule has 62 valence electrons. The molecule has 0 N–H and O–H groups in total. The molecule has 0 saturated heterocycles. The normalized spacial score (nSPS) is 9.08. The third-order valence-corrected chi connectivity index (χ3v) is 1.55. The second-order valence-electron chi connectivity index (χ2n) is 2.34. The van der Waals surface area contributed by atoms with Gasteiger partial charge in [0.05, 0.1) is 7.11 Å². The summed E-state index contributed by atoms with van der Waals surface area (Å²) in [7, 11) is 1.50. The van der Waals surface area contributed by atoms with E-state index in [0.717, 1.165) is 0 Å². The first-order valence-electron chi connectivity index (χ1n) is 3.54. The van der Waals surface area contributed by atoms with Gasteiger partial charge in [0.2, 0.25) is 0 Å². The Bertz CT molecular complexity index is 312. The molecule has 0 heterocycles.